The van der Waals surface area contributed by atoms with Crippen molar-refractivity contribution in [2.45, 2.75) is 17.9 Å². The fourth-order valence-electron chi connectivity index (χ4n) is 1.96. The van der Waals surface area contributed by atoms with Gasteiger partial charge >= 0.3 is 0 Å². The first-order chi connectivity index (χ1) is 10.4. The minimum atomic E-state index is -3.65. The van der Waals surface area contributed by atoms with Crippen LogP contribution >= 0.6 is 11.8 Å². The zero-order valence-corrected chi connectivity index (χ0v) is 14.2. The van der Waals surface area contributed by atoms with Gasteiger partial charge in [0.05, 0.1) is 12.4 Å². The standard InChI is InChI=1S/C14H18FN3O2S2/c1-11(10-21-3)17(2)22(19,20)12-8-16-18(9-12)14-7-5-4-6-13(14)15/h4-9,11H,10H2,1-3H3/t11-/m0/s1. The number of hydrogen-bond acceptors (Lipinski definition) is 4. The number of aromatic nitrogens is 2. The van der Waals surface area contributed by atoms with Crippen molar-refractivity contribution in [3.8, 4) is 5.69 Å². The van der Waals surface area contributed by atoms with Crippen LogP contribution < -0.4 is 0 Å². The highest BCUT2D eigenvalue weighted by molar-refractivity contribution is 7.98. The maximum Gasteiger partial charge on any atom is 0.246 e. The lowest BCUT2D eigenvalue weighted by atomic mass is 10.3. The summed E-state index contributed by atoms with van der Waals surface area (Å²) in [5.41, 5.74) is 0.212. The number of benzene rings is 1. The van der Waals surface area contributed by atoms with Gasteiger partial charge in [0, 0.05) is 18.8 Å². The fourth-order valence-corrected chi connectivity index (χ4v) is 4.05. The normalized spacial score (nSPS) is 13.5. The van der Waals surface area contributed by atoms with Crippen LogP contribution in [0.3, 0.4) is 0 Å². The Hall–Kier alpha value is -1.38. The molecule has 1 heterocycles. The summed E-state index contributed by atoms with van der Waals surface area (Å²) >= 11 is 1.58. The number of rotatable bonds is 6. The quantitative estimate of drug-likeness (QED) is 0.808. The highest BCUT2D eigenvalue weighted by Crippen LogP contribution is 2.20. The molecule has 0 spiro atoms. The highest BCUT2D eigenvalue weighted by Gasteiger charge is 2.26. The van der Waals surface area contributed by atoms with Crippen molar-refractivity contribution < 1.29 is 12.8 Å². The summed E-state index contributed by atoms with van der Waals surface area (Å²) in [5, 5.41) is 3.97. The molecule has 0 unspecified atom stereocenters. The second kappa shape index (κ2) is 6.80. The fraction of sp³-hybridized carbons (Fsp3) is 0.357. The minimum absolute atomic E-state index is 0.0474. The molecule has 120 valence electrons. The Morgan fingerprint density at radius 1 is 1.41 bits per heavy atom. The van der Waals surface area contributed by atoms with Crippen LogP contribution in [-0.4, -0.2) is 47.6 Å². The third kappa shape index (κ3) is 3.34. The van der Waals surface area contributed by atoms with Crippen LogP contribution in [-0.2, 0) is 10.0 Å². The van der Waals surface area contributed by atoms with Crippen molar-refractivity contribution in [1.82, 2.24) is 14.1 Å². The van der Waals surface area contributed by atoms with Crippen LogP contribution in [0.2, 0.25) is 0 Å². The smallest absolute Gasteiger partial charge is 0.237 e. The molecule has 0 bridgehead atoms. The third-order valence-electron chi connectivity index (χ3n) is 3.36. The lowest BCUT2D eigenvalue weighted by Crippen LogP contribution is -2.36. The SMILES string of the molecule is CSC[C@H](C)N(C)S(=O)(=O)c1cnn(-c2ccccc2F)c1. The van der Waals surface area contributed by atoms with Crippen LogP contribution in [0.1, 0.15) is 6.92 Å². The van der Waals surface area contributed by atoms with Gasteiger partial charge in [0.1, 0.15) is 16.4 Å². The first kappa shape index (κ1) is 17.0. The maximum absolute atomic E-state index is 13.7. The van der Waals surface area contributed by atoms with E-state index in [0.29, 0.717) is 5.75 Å². The van der Waals surface area contributed by atoms with Crippen molar-refractivity contribution in [3.05, 3.63) is 42.5 Å². The Morgan fingerprint density at radius 2 is 2.09 bits per heavy atom. The lowest BCUT2D eigenvalue weighted by molar-refractivity contribution is 0.415. The maximum atomic E-state index is 13.7. The van der Waals surface area contributed by atoms with E-state index in [4.69, 9.17) is 0 Å². The molecule has 1 atom stereocenters. The second-order valence-corrected chi connectivity index (χ2v) is 7.81. The van der Waals surface area contributed by atoms with Crippen LogP contribution in [0.4, 0.5) is 4.39 Å². The molecule has 2 rings (SSSR count). The number of halogens is 1. The summed E-state index contributed by atoms with van der Waals surface area (Å²) < 4.78 is 41.4. The Balaban J connectivity index is 2.33. The summed E-state index contributed by atoms with van der Waals surface area (Å²) in [4.78, 5) is 0.0474. The van der Waals surface area contributed by atoms with Gasteiger partial charge in [0.2, 0.25) is 10.0 Å². The van der Waals surface area contributed by atoms with Gasteiger partial charge in [-0.05, 0) is 25.3 Å². The van der Waals surface area contributed by atoms with Crippen molar-refractivity contribution in [1.29, 1.82) is 0 Å². The molecule has 1 aromatic heterocycles. The molecule has 0 saturated carbocycles. The molecule has 0 aliphatic heterocycles. The van der Waals surface area contributed by atoms with Gasteiger partial charge in [-0.1, -0.05) is 12.1 Å². The van der Waals surface area contributed by atoms with Gasteiger partial charge in [-0.2, -0.15) is 21.2 Å². The van der Waals surface area contributed by atoms with Gasteiger partial charge in [-0.25, -0.2) is 17.5 Å². The predicted octanol–water partition coefficient (Wildman–Crippen LogP) is 2.38. The average molecular weight is 343 g/mol. The van der Waals surface area contributed by atoms with Gasteiger partial charge in [0.15, 0.2) is 0 Å². The molecule has 0 saturated heterocycles. The molecule has 0 N–H and O–H groups in total. The van der Waals surface area contributed by atoms with E-state index >= 15 is 0 Å². The highest BCUT2D eigenvalue weighted by atomic mass is 32.2. The molecule has 0 amide bonds. The van der Waals surface area contributed by atoms with Crippen molar-refractivity contribution in [2.75, 3.05) is 19.1 Å². The predicted molar refractivity (Wildman–Crippen MR) is 86.3 cm³/mol. The number of para-hydroxylation sites is 1. The Bertz CT molecular complexity index is 746. The summed E-state index contributed by atoms with van der Waals surface area (Å²) in [6.07, 6.45) is 4.49. The van der Waals surface area contributed by atoms with Crippen molar-refractivity contribution >= 4 is 21.8 Å². The molecule has 0 aliphatic rings. The van der Waals surface area contributed by atoms with E-state index in [1.54, 1.807) is 30.0 Å². The summed E-state index contributed by atoms with van der Waals surface area (Å²) in [7, 11) is -2.11. The van der Waals surface area contributed by atoms with Gasteiger partial charge in [0.25, 0.3) is 0 Å². The Morgan fingerprint density at radius 3 is 2.73 bits per heavy atom. The average Bonchev–Trinajstić information content (AvgIpc) is 2.97. The zero-order chi connectivity index (χ0) is 16.3. The molecule has 8 heteroatoms. The van der Waals surface area contributed by atoms with Crippen LogP contribution in [0.5, 0.6) is 0 Å². The van der Waals surface area contributed by atoms with Crippen molar-refractivity contribution in [3.63, 3.8) is 0 Å². The molecule has 0 aliphatic carbocycles. The molecule has 0 radical (unpaired) electrons. The Labute approximate surface area is 134 Å². The molecule has 1 aromatic carbocycles. The second-order valence-electron chi connectivity index (χ2n) is 4.90. The van der Waals surface area contributed by atoms with E-state index in [-0.39, 0.29) is 16.6 Å². The van der Waals surface area contributed by atoms with E-state index in [0.717, 1.165) is 0 Å². The first-order valence-corrected chi connectivity index (χ1v) is 9.48. The van der Waals surface area contributed by atoms with Crippen LogP contribution in [0.15, 0.2) is 41.6 Å². The monoisotopic (exact) mass is 343 g/mol. The zero-order valence-electron chi connectivity index (χ0n) is 12.6. The number of hydrogen-bond donors (Lipinski definition) is 0. The van der Waals surface area contributed by atoms with E-state index in [1.807, 2.05) is 13.2 Å². The van der Waals surface area contributed by atoms with Gasteiger partial charge < -0.3 is 0 Å². The molecular weight excluding hydrogens is 325 g/mol. The van der Waals surface area contributed by atoms with E-state index < -0.39 is 15.8 Å². The van der Waals surface area contributed by atoms with Crippen molar-refractivity contribution in [2.24, 2.45) is 0 Å². The third-order valence-corrected chi connectivity index (χ3v) is 6.10. The minimum Gasteiger partial charge on any atom is -0.237 e. The summed E-state index contributed by atoms with van der Waals surface area (Å²) in [6.45, 7) is 1.84. The van der Waals surface area contributed by atoms with Gasteiger partial charge in [-0.15, -0.1) is 0 Å². The molecule has 5 nitrogen and oxygen atoms in total. The molecule has 22 heavy (non-hydrogen) atoms. The van der Waals surface area contributed by atoms with Crippen LogP contribution in [0.25, 0.3) is 5.69 Å². The van der Waals surface area contributed by atoms with E-state index in [1.165, 1.54) is 34.5 Å². The van der Waals surface area contributed by atoms with E-state index in [2.05, 4.69) is 5.10 Å². The first-order valence-electron chi connectivity index (χ1n) is 6.64. The topological polar surface area (TPSA) is 55.2 Å². The number of thioether (sulfide) groups is 1. The molecule has 2 aromatic rings. The largest absolute Gasteiger partial charge is 0.246 e. The Kier molecular flexibility index (Phi) is 5.25. The molecular formula is C14H18FN3O2S2. The van der Waals surface area contributed by atoms with Gasteiger partial charge in [-0.3, -0.25) is 0 Å². The number of nitrogens with zero attached hydrogens (tertiary/aromatic N) is 3. The van der Waals surface area contributed by atoms with E-state index in [9.17, 15) is 12.8 Å². The summed E-state index contributed by atoms with van der Waals surface area (Å²) in [6, 6.07) is 5.94. The van der Waals surface area contributed by atoms with Crippen LogP contribution in [0, 0.1) is 5.82 Å². The molecule has 0 fully saturated rings. The lowest BCUT2D eigenvalue weighted by Gasteiger charge is -2.22. The number of sulfonamides is 1. The summed E-state index contributed by atoms with van der Waals surface area (Å²) in [5.74, 6) is 0.232.